The van der Waals surface area contributed by atoms with Crippen LogP contribution in [-0.4, -0.2) is 28.4 Å². The van der Waals surface area contributed by atoms with Gasteiger partial charge in [-0.15, -0.1) is 0 Å². The van der Waals surface area contributed by atoms with Gasteiger partial charge >= 0.3 is 0 Å². The molecule has 0 spiro atoms. The van der Waals surface area contributed by atoms with Crippen molar-refractivity contribution in [3.8, 4) is 5.75 Å². The van der Waals surface area contributed by atoms with E-state index in [0.717, 1.165) is 11.3 Å². The summed E-state index contributed by atoms with van der Waals surface area (Å²) in [7, 11) is 3.40. The summed E-state index contributed by atoms with van der Waals surface area (Å²) in [6.07, 6.45) is 0. The quantitative estimate of drug-likeness (QED) is 0.760. The van der Waals surface area contributed by atoms with E-state index in [9.17, 15) is 9.50 Å². The van der Waals surface area contributed by atoms with E-state index in [1.54, 1.807) is 24.8 Å². The maximum absolute atomic E-state index is 13.4. The second-order valence-corrected chi connectivity index (χ2v) is 5.28. The highest BCUT2D eigenvalue weighted by Crippen LogP contribution is 2.25. The predicted molar refractivity (Wildman–Crippen MR) is 87.1 cm³/mol. The third kappa shape index (κ3) is 2.98. The SMILES string of the molecule is COc1cccc(C(CO)Nc2nc3ccc(F)cc3n2C)c1. The molecule has 0 bridgehead atoms. The molecule has 0 fully saturated rings. The highest BCUT2D eigenvalue weighted by molar-refractivity contribution is 5.78. The largest absolute Gasteiger partial charge is 0.497 e. The van der Waals surface area contributed by atoms with Gasteiger partial charge in [-0.2, -0.15) is 0 Å². The van der Waals surface area contributed by atoms with Crippen molar-refractivity contribution >= 4 is 17.0 Å². The number of aromatic nitrogens is 2. The molecule has 2 aromatic carbocycles. The van der Waals surface area contributed by atoms with E-state index in [-0.39, 0.29) is 18.5 Å². The minimum Gasteiger partial charge on any atom is -0.497 e. The minimum absolute atomic E-state index is 0.106. The molecular weight excluding hydrogens is 297 g/mol. The minimum atomic E-state index is -0.342. The number of nitrogens with one attached hydrogen (secondary N) is 1. The van der Waals surface area contributed by atoms with Gasteiger partial charge in [-0.3, -0.25) is 0 Å². The van der Waals surface area contributed by atoms with Crippen LogP contribution in [0.5, 0.6) is 5.75 Å². The van der Waals surface area contributed by atoms with Crippen LogP contribution >= 0.6 is 0 Å². The van der Waals surface area contributed by atoms with Crippen molar-refractivity contribution in [3.05, 3.63) is 53.8 Å². The Morgan fingerprint density at radius 1 is 1.30 bits per heavy atom. The van der Waals surface area contributed by atoms with Crippen molar-refractivity contribution in [1.82, 2.24) is 9.55 Å². The molecule has 3 aromatic rings. The Morgan fingerprint density at radius 2 is 2.13 bits per heavy atom. The fourth-order valence-corrected chi connectivity index (χ4v) is 2.54. The van der Waals surface area contributed by atoms with Crippen molar-refractivity contribution in [2.75, 3.05) is 19.0 Å². The highest BCUT2D eigenvalue weighted by Gasteiger charge is 2.15. The fraction of sp³-hybridized carbons (Fsp3) is 0.235. The molecule has 2 N–H and O–H groups in total. The number of halogens is 1. The number of imidazole rings is 1. The monoisotopic (exact) mass is 315 g/mol. The van der Waals surface area contributed by atoms with Crippen molar-refractivity contribution in [2.24, 2.45) is 7.05 Å². The maximum Gasteiger partial charge on any atom is 0.204 e. The lowest BCUT2D eigenvalue weighted by molar-refractivity contribution is 0.275. The lowest BCUT2D eigenvalue weighted by atomic mass is 10.1. The lowest BCUT2D eigenvalue weighted by Crippen LogP contribution is -2.17. The van der Waals surface area contributed by atoms with E-state index in [1.165, 1.54) is 12.1 Å². The number of hydrogen-bond donors (Lipinski definition) is 2. The number of hydrogen-bond acceptors (Lipinski definition) is 4. The second kappa shape index (κ2) is 6.26. The van der Waals surface area contributed by atoms with Crippen molar-refractivity contribution in [1.29, 1.82) is 0 Å². The first-order valence-electron chi connectivity index (χ1n) is 7.25. The highest BCUT2D eigenvalue weighted by atomic mass is 19.1. The Kier molecular flexibility index (Phi) is 4.16. The second-order valence-electron chi connectivity index (χ2n) is 5.28. The summed E-state index contributed by atoms with van der Waals surface area (Å²) in [4.78, 5) is 4.45. The van der Waals surface area contributed by atoms with Crippen LogP contribution in [0.25, 0.3) is 11.0 Å². The molecule has 0 aliphatic carbocycles. The molecule has 1 atom stereocenters. The molecule has 0 amide bonds. The van der Waals surface area contributed by atoms with Crippen molar-refractivity contribution in [3.63, 3.8) is 0 Å². The average Bonchev–Trinajstić information content (AvgIpc) is 2.88. The van der Waals surface area contributed by atoms with Gasteiger partial charge in [-0.05, 0) is 35.9 Å². The van der Waals surface area contributed by atoms with E-state index >= 15 is 0 Å². The lowest BCUT2D eigenvalue weighted by Gasteiger charge is -2.18. The number of anilines is 1. The van der Waals surface area contributed by atoms with Crippen LogP contribution in [0.1, 0.15) is 11.6 Å². The van der Waals surface area contributed by atoms with Gasteiger partial charge in [0.1, 0.15) is 11.6 Å². The molecule has 3 rings (SSSR count). The van der Waals surface area contributed by atoms with Crippen molar-refractivity contribution < 1.29 is 14.2 Å². The summed E-state index contributed by atoms with van der Waals surface area (Å²) in [5.74, 6) is 0.973. The van der Waals surface area contributed by atoms with Gasteiger partial charge in [-0.1, -0.05) is 12.1 Å². The molecule has 120 valence electrons. The Morgan fingerprint density at radius 3 is 2.87 bits per heavy atom. The normalized spacial score (nSPS) is 12.3. The average molecular weight is 315 g/mol. The number of aliphatic hydroxyl groups is 1. The Labute approximate surface area is 133 Å². The molecule has 0 saturated carbocycles. The summed E-state index contributed by atoms with van der Waals surface area (Å²) < 4.78 is 20.4. The fourth-order valence-electron chi connectivity index (χ4n) is 2.54. The summed E-state index contributed by atoms with van der Waals surface area (Å²) in [6, 6.07) is 11.6. The van der Waals surface area contributed by atoms with Crippen LogP contribution in [0, 0.1) is 5.82 Å². The van der Waals surface area contributed by atoms with Crippen LogP contribution in [0.4, 0.5) is 10.3 Å². The summed E-state index contributed by atoms with van der Waals surface area (Å²) in [5, 5.41) is 12.9. The predicted octanol–water partition coefficient (Wildman–Crippen LogP) is 2.87. The topological polar surface area (TPSA) is 59.3 Å². The van der Waals surface area contributed by atoms with Crippen molar-refractivity contribution in [2.45, 2.75) is 6.04 Å². The first-order chi connectivity index (χ1) is 11.1. The number of rotatable bonds is 5. The van der Waals surface area contributed by atoms with Gasteiger partial charge in [0.05, 0.1) is 30.8 Å². The number of fused-ring (bicyclic) bond motifs is 1. The van der Waals surface area contributed by atoms with E-state index in [0.29, 0.717) is 17.0 Å². The zero-order valence-corrected chi connectivity index (χ0v) is 13.0. The molecule has 0 saturated heterocycles. The van der Waals surface area contributed by atoms with Gasteiger partial charge in [0, 0.05) is 7.05 Å². The van der Waals surface area contributed by atoms with Crippen LogP contribution in [0.2, 0.25) is 0 Å². The summed E-state index contributed by atoms with van der Waals surface area (Å²) in [6.45, 7) is -0.106. The van der Waals surface area contributed by atoms with E-state index in [2.05, 4.69) is 10.3 Å². The molecule has 1 aromatic heterocycles. The molecule has 23 heavy (non-hydrogen) atoms. The van der Waals surface area contributed by atoms with Crippen LogP contribution < -0.4 is 10.1 Å². The zero-order valence-electron chi connectivity index (χ0n) is 13.0. The van der Waals surface area contributed by atoms with Gasteiger partial charge in [0.15, 0.2) is 0 Å². The van der Waals surface area contributed by atoms with E-state index in [4.69, 9.17) is 4.74 Å². The first-order valence-corrected chi connectivity index (χ1v) is 7.25. The molecule has 1 heterocycles. The number of ether oxygens (including phenoxy) is 1. The maximum atomic E-state index is 13.4. The smallest absolute Gasteiger partial charge is 0.204 e. The number of benzene rings is 2. The van der Waals surface area contributed by atoms with Gasteiger partial charge in [-0.25, -0.2) is 9.37 Å². The molecule has 5 nitrogen and oxygen atoms in total. The zero-order chi connectivity index (χ0) is 16.4. The van der Waals surface area contributed by atoms with Crippen LogP contribution in [-0.2, 0) is 7.05 Å². The molecule has 0 aliphatic heterocycles. The first kappa shape index (κ1) is 15.3. The van der Waals surface area contributed by atoms with E-state index < -0.39 is 0 Å². The van der Waals surface area contributed by atoms with E-state index in [1.807, 2.05) is 24.3 Å². The summed E-state index contributed by atoms with van der Waals surface area (Å²) >= 11 is 0. The molecule has 0 aliphatic rings. The Hall–Kier alpha value is -2.60. The standard InChI is InChI=1S/C17H18FN3O2/c1-21-16-9-12(18)6-7-14(16)19-17(21)20-15(10-22)11-4-3-5-13(8-11)23-2/h3-9,15,22H,10H2,1-2H3,(H,19,20). The number of methoxy groups -OCH3 is 1. The number of aliphatic hydroxyl groups excluding tert-OH is 1. The third-order valence-electron chi connectivity index (χ3n) is 3.82. The molecular formula is C17H18FN3O2. The third-order valence-corrected chi connectivity index (χ3v) is 3.82. The Bertz CT molecular complexity index is 832. The van der Waals surface area contributed by atoms with Crippen LogP contribution in [0.15, 0.2) is 42.5 Å². The van der Waals surface area contributed by atoms with Crippen LogP contribution in [0.3, 0.4) is 0 Å². The van der Waals surface area contributed by atoms with Gasteiger partial charge in [0.25, 0.3) is 0 Å². The van der Waals surface area contributed by atoms with Gasteiger partial charge < -0.3 is 19.7 Å². The number of nitrogens with zero attached hydrogens (tertiary/aromatic N) is 2. The molecule has 6 heteroatoms. The number of aryl methyl sites for hydroxylation is 1. The Balaban J connectivity index is 1.94. The molecule has 0 radical (unpaired) electrons. The molecule has 1 unspecified atom stereocenters. The summed E-state index contributed by atoms with van der Waals surface area (Å²) in [5.41, 5.74) is 2.26. The van der Waals surface area contributed by atoms with Gasteiger partial charge in [0.2, 0.25) is 5.95 Å².